The summed E-state index contributed by atoms with van der Waals surface area (Å²) in [6, 6.07) is 9.28. The van der Waals surface area contributed by atoms with Crippen LogP contribution in [0.15, 0.2) is 46.3 Å². The first-order chi connectivity index (χ1) is 12.7. The van der Waals surface area contributed by atoms with Crippen molar-refractivity contribution in [2.75, 3.05) is 5.75 Å². The maximum Gasteiger partial charge on any atom is 0.249 e. The summed E-state index contributed by atoms with van der Waals surface area (Å²) < 4.78 is 27.1. The lowest BCUT2D eigenvalue weighted by molar-refractivity contribution is -0.117. The van der Waals surface area contributed by atoms with Crippen molar-refractivity contribution >= 4 is 72.1 Å². The molecule has 3 rings (SSSR count). The highest BCUT2D eigenvalue weighted by Gasteiger charge is 2.17. The number of benzene rings is 2. The molecule has 0 unspecified atom stereocenters. The zero-order valence-electron chi connectivity index (χ0n) is 13.9. The molecule has 0 aliphatic rings. The molecule has 2 aromatic carbocycles. The molecule has 0 N–H and O–H groups in total. The zero-order chi connectivity index (χ0) is 19.8. The average molecular weight is 464 g/mol. The smallest absolute Gasteiger partial charge is 0.249 e. The number of carbonyl (C=O) groups is 1. The number of sulfone groups is 1. The van der Waals surface area contributed by atoms with Crippen LogP contribution in [0.4, 0.5) is 0 Å². The van der Waals surface area contributed by atoms with Gasteiger partial charge in [0, 0.05) is 18.5 Å². The van der Waals surface area contributed by atoms with E-state index < -0.39 is 15.7 Å². The van der Waals surface area contributed by atoms with Crippen molar-refractivity contribution in [3.05, 3.63) is 56.3 Å². The van der Waals surface area contributed by atoms with Gasteiger partial charge in [-0.2, -0.15) is 4.99 Å². The Morgan fingerprint density at radius 1 is 1.11 bits per heavy atom. The molecule has 1 heterocycles. The Balaban J connectivity index is 1.83. The van der Waals surface area contributed by atoms with Gasteiger partial charge in [0.25, 0.3) is 0 Å². The number of hydrogen-bond acceptors (Lipinski definition) is 4. The Kier molecular flexibility index (Phi) is 5.98. The number of fused-ring (bicyclic) bond motifs is 1. The lowest BCUT2D eigenvalue weighted by Gasteiger charge is -2.03. The Hall–Kier alpha value is -1.38. The Labute approximate surface area is 174 Å². The van der Waals surface area contributed by atoms with E-state index in [1.807, 2.05) is 0 Å². The third-order valence-corrected chi connectivity index (χ3v) is 7.71. The number of aromatic nitrogens is 1. The largest absolute Gasteiger partial charge is 0.318 e. The normalized spacial score (nSPS) is 12.7. The van der Waals surface area contributed by atoms with E-state index in [1.165, 1.54) is 35.6 Å². The molecule has 0 saturated heterocycles. The lowest BCUT2D eigenvalue weighted by Crippen LogP contribution is -2.16. The second-order valence-electron chi connectivity index (χ2n) is 5.68. The van der Waals surface area contributed by atoms with Crippen molar-refractivity contribution in [3.8, 4) is 0 Å². The van der Waals surface area contributed by atoms with Gasteiger partial charge in [-0.15, -0.1) is 0 Å². The van der Waals surface area contributed by atoms with Crippen LogP contribution in [0.2, 0.25) is 15.1 Å². The van der Waals surface area contributed by atoms with Gasteiger partial charge in [-0.05, 0) is 36.4 Å². The molecule has 10 heteroatoms. The molecule has 0 saturated carbocycles. The lowest BCUT2D eigenvalue weighted by atomic mass is 10.3. The van der Waals surface area contributed by atoms with E-state index in [4.69, 9.17) is 34.8 Å². The minimum atomic E-state index is -3.59. The topological polar surface area (TPSA) is 68.5 Å². The van der Waals surface area contributed by atoms with Crippen LogP contribution in [-0.2, 0) is 21.7 Å². The molecule has 0 spiro atoms. The second kappa shape index (κ2) is 7.93. The van der Waals surface area contributed by atoms with E-state index in [9.17, 15) is 13.2 Å². The number of hydrogen-bond donors (Lipinski definition) is 0. The van der Waals surface area contributed by atoms with E-state index in [0.717, 1.165) is 4.70 Å². The summed E-state index contributed by atoms with van der Waals surface area (Å²) in [6.07, 6.45) is -0.228. The van der Waals surface area contributed by atoms with Gasteiger partial charge >= 0.3 is 0 Å². The minimum absolute atomic E-state index is 0.119. The van der Waals surface area contributed by atoms with Crippen LogP contribution >= 0.6 is 46.1 Å². The number of aryl methyl sites for hydroxylation is 1. The van der Waals surface area contributed by atoms with Crippen molar-refractivity contribution < 1.29 is 13.2 Å². The molecule has 27 heavy (non-hydrogen) atoms. The van der Waals surface area contributed by atoms with Gasteiger partial charge in [0.2, 0.25) is 5.91 Å². The van der Waals surface area contributed by atoms with Crippen LogP contribution in [0.1, 0.15) is 6.42 Å². The molecular weight excluding hydrogens is 451 g/mol. The van der Waals surface area contributed by atoms with E-state index in [0.29, 0.717) is 25.4 Å². The van der Waals surface area contributed by atoms with Crippen LogP contribution in [0, 0.1) is 0 Å². The summed E-state index contributed by atoms with van der Waals surface area (Å²) in [4.78, 5) is 16.8. The van der Waals surface area contributed by atoms with Gasteiger partial charge < -0.3 is 4.57 Å². The van der Waals surface area contributed by atoms with Crippen LogP contribution < -0.4 is 4.80 Å². The fourth-order valence-electron chi connectivity index (χ4n) is 2.42. The molecule has 142 valence electrons. The van der Waals surface area contributed by atoms with Crippen molar-refractivity contribution in [2.45, 2.75) is 11.3 Å². The summed E-state index contributed by atoms with van der Waals surface area (Å²) >= 11 is 19.3. The van der Waals surface area contributed by atoms with Crippen LogP contribution in [0.5, 0.6) is 0 Å². The quantitative estimate of drug-likeness (QED) is 0.572. The van der Waals surface area contributed by atoms with Crippen molar-refractivity contribution in [3.63, 3.8) is 0 Å². The summed E-state index contributed by atoms with van der Waals surface area (Å²) in [7, 11) is -1.87. The molecule has 0 atom stereocenters. The highest BCUT2D eigenvalue weighted by atomic mass is 35.5. The van der Waals surface area contributed by atoms with E-state index >= 15 is 0 Å². The molecule has 0 fully saturated rings. The number of amides is 1. The zero-order valence-corrected chi connectivity index (χ0v) is 17.8. The number of thiazole rings is 1. The molecule has 0 aliphatic heterocycles. The van der Waals surface area contributed by atoms with Crippen LogP contribution in [0.25, 0.3) is 10.2 Å². The highest BCUT2D eigenvalue weighted by molar-refractivity contribution is 7.91. The molecule has 3 aromatic rings. The predicted molar refractivity (Wildman–Crippen MR) is 110 cm³/mol. The number of nitrogens with zero attached hydrogens (tertiary/aromatic N) is 2. The fraction of sp³-hybridized carbons (Fsp3) is 0.176. The maximum absolute atomic E-state index is 12.3. The van der Waals surface area contributed by atoms with Gasteiger partial charge in [-0.1, -0.05) is 46.1 Å². The van der Waals surface area contributed by atoms with E-state index in [-0.39, 0.29) is 17.1 Å². The van der Waals surface area contributed by atoms with Crippen LogP contribution in [0.3, 0.4) is 0 Å². The molecule has 0 aliphatic carbocycles. The third kappa shape index (κ3) is 4.38. The summed E-state index contributed by atoms with van der Waals surface area (Å²) in [5.74, 6) is -0.866. The van der Waals surface area contributed by atoms with Crippen LogP contribution in [-0.4, -0.2) is 24.6 Å². The second-order valence-corrected chi connectivity index (χ2v) is 10.0. The molecule has 1 aromatic heterocycles. The maximum atomic E-state index is 12.3. The summed E-state index contributed by atoms with van der Waals surface area (Å²) in [6.45, 7) is 0. The number of carbonyl (C=O) groups excluding carboxylic acids is 1. The monoisotopic (exact) mass is 462 g/mol. The fourth-order valence-corrected chi connectivity index (χ4v) is 5.32. The minimum Gasteiger partial charge on any atom is -0.318 e. The van der Waals surface area contributed by atoms with E-state index in [2.05, 4.69) is 4.99 Å². The SMILES string of the molecule is Cn1c(=NC(=O)CCS(=O)(=O)c2ccc(Cl)cc2)sc2ccc(Cl)c(Cl)c21. The van der Waals surface area contributed by atoms with Gasteiger partial charge in [0.15, 0.2) is 14.6 Å². The van der Waals surface area contributed by atoms with Gasteiger partial charge in [-0.3, -0.25) is 4.79 Å². The highest BCUT2D eigenvalue weighted by Crippen LogP contribution is 2.31. The number of halogens is 3. The molecular formula is C17H13Cl3N2O3S2. The Morgan fingerprint density at radius 2 is 1.78 bits per heavy atom. The summed E-state index contributed by atoms with van der Waals surface area (Å²) in [5.41, 5.74) is 0.675. The third-order valence-electron chi connectivity index (χ3n) is 3.83. The van der Waals surface area contributed by atoms with Crippen molar-refractivity contribution in [1.82, 2.24) is 4.57 Å². The predicted octanol–water partition coefficient (Wildman–Crippen LogP) is 4.49. The molecule has 1 amide bonds. The van der Waals surface area contributed by atoms with Gasteiger partial charge in [0.1, 0.15) is 0 Å². The van der Waals surface area contributed by atoms with E-state index in [1.54, 1.807) is 23.7 Å². The number of rotatable bonds is 4. The standard InChI is InChI=1S/C17H13Cl3N2O3S2/c1-22-16-13(7-6-12(19)15(16)20)26-17(22)21-14(23)8-9-27(24,25)11-4-2-10(18)3-5-11/h2-7H,8-9H2,1H3. The molecule has 0 radical (unpaired) electrons. The first-order valence-corrected chi connectivity index (χ1v) is 11.3. The van der Waals surface area contributed by atoms with Crippen molar-refractivity contribution in [2.24, 2.45) is 12.0 Å². The Bertz CT molecular complexity index is 1200. The summed E-state index contributed by atoms with van der Waals surface area (Å²) in [5, 5.41) is 1.23. The first kappa shape index (κ1) is 20.4. The van der Waals surface area contributed by atoms with Gasteiger partial charge in [0.05, 0.1) is 30.9 Å². The first-order valence-electron chi connectivity index (χ1n) is 7.68. The average Bonchev–Trinajstić information content (AvgIpc) is 2.93. The molecule has 5 nitrogen and oxygen atoms in total. The van der Waals surface area contributed by atoms with Crippen molar-refractivity contribution in [1.29, 1.82) is 0 Å². The van der Waals surface area contributed by atoms with Gasteiger partial charge in [-0.25, -0.2) is 8.42 Å². The molecule has 0 bridgehead atoms. The Morgan fingerprint density at radius 3 is 2.44 bits per heavy atom.